The summed E-state index contributed by atoms with van der Waals surface area (Å²) in [4.78, 5) is 13.1. The monoisotopic (exact) mass is 297 g/mol. The highest BCUT2D eigenvalue weighted by molar-refractivity contribution is 7.88. The second-order valence-corrected chi connectivity index (χ2v) is 6.47. The average molecular weight is 297 g/mol. The van der Waals surface area contributed by atoms with Crippen molar-refractivity contribution in [2.75, 3.05) is 24.2 Å². The molecule has 5 nitrogen and oxygen atoms in total. The zero-order valence-corrected chi connectivity index (χ0v) is 12.7. The van der Waals surface area contributed by atoms with Crippen LogP contribution in [0.5, 0.6) is 0 Å². The number of unbranched alkanes of at least 4 members (excludes halogenated alkanes) is 1. The summed E-state index contributed by atoms with van der Waals surface area (Å²) < 4.78 is 24.7. The van der Waals surface area contributed by atoms with E-state index in [-0.39, 0.29) is 6.54 Å². The summed E-state index contributed by atoms with van der Waals surface area (Å²) in [6, 6.07) is 8.86. The van der Waals surface area contributed by atoms with Crippen molar-refractivity contribution in [1.29, 1.82) is 0 Å². The van der Waals surface area contributed by atoms with Gasteiger partial charge in [0.1, 0.15) is 6.04 Å². The topological polar surface area (TPSA) is 66.5 Å². The normalized spacial score (nSPS) is 12.9. The van der Waals surface area contributed by atoms with Gasteiger partial charge in [0.2, 0.25) is 16.3 Å². The molecule has 0 spiro atoms. The van der Waals surface area contributed by atoms with Crippen molar-refractivity contribution in [3.8, 4) is 0 Å². The van der Waals surface area contributed by atoms with Crippen molar-refractivity contribution in [1.82, 2.24) is 4.72 Å². The molecular formula is C14H21N2O3S. The number of hydrogen-bond acceptors (Lipinski definition) is 4. The number of rotatable bonds is 9. The van der Waals surface area contributed by atoms with Crippen molar-refractivity contribution in [3.05, 3.63) is 30.3 Å². The Morgan fingerprint density at radius 2 is 1.95 bits per heavy atom. The van der Waals surface area contributed by atoms with Gasteiger partial charge in [0.15, 0.2) is 0 Å². The van der Waals surface area contributed by atoms with Gasteiger partial charge in [0.05, 0.1) is 6.26 Å². The van der Waals surface area contributed by atoms with Crippen LogP contribution in [0.3, 0.4) is 0 Å². The molecule has 1 N–H and O–H groups in total. The van der Waals surface area contributed by atoms with Crippen LogP contribution in [0.2, 0.25) is 0 Å². The molecule has 0 saturated heterocycles. The van der Waals surface area contributed by atoms with Crippen LogP contribution in [0.4, 0.5) is 5.69 Å². The Labute approximate surface area is 121 Å². The van der Waals surface area contributed by atoms with Gasteiger partial charge in [-0.25, -0.2) is 13.1 Å². The van der Waals surface area contributed by atoms with Crippen molar-refractivity contribution in [2.45, 2.75) is 25.8 Å². The second kappa shape index (κ2) is 8.01. The molecule has 0 aliphatic heterocycles. The maximum absolute atomic E-state index is 11.2. The third-order valence-corrected chi connectivity index (χ3v) is 3.58. The number of sulfonamides is 1. The van der Waals surface area contributed by atoms with Gasteiger partial charge in [-0.1, -0.05) is 31.5 Å². The number of benzene rings is 1. The molecular weight excluding hydrogens is 276 g/mol. The van der Waals surface area contributed by atoms with Crippen molar-refractivity contribution in [3.63, 3.8) is 0 Å². The highest BCUT2D eigenvalue weighted by Gasteiger charge is 2.20. The first-order valence-corrected chi connectivity index (χ1v) is 8.51. The molecule has 111 valence electrons. The van der Waals surface area contributed by atoms with Crippen LogP contribution in [0, 0.1) is 0 Å². The van der Waals surface area contributed by atoms with Gasteiger partial charge in [-0.05, 0) is 18.6 Å². The highest BCUT2D eigenvalue weighted by Crippen LogP contribution is 2.16. The molecule has 1 unspecified atom stereocenters. The van der Waals surface area contributed by atoms with Gasteiger partial charge in [0.25, 0.3) is 0 Å². The molecule has 1 aromatic rings. The van der Waals surface area contributed by atoms with Crippen LogP contribution in [0.25, 0.3) is 0 Å². The zero-order valence-electron chi connectivity index (χ0n) is 11.9. The van der Waals surface area contributed by atoms with E-state index in [0.717, 1.165) is 24.8 Å². The van der Waals surface area contributed by atoms with Crippen LogP contribution in [0.15, 0.2) is 30.3 Å². The fourth-order valence-corrected chi connectivity index (χ4v) is 2.32. The van der Waals surface area contributed by atoms with Gasteiger partial charge in [-0.15, -0.1) is 0 Å². The molecule has 1 radical (unpaired) electrons. The summed E-state index contributed by atoms with van der Waals surface area (Å²) in [6.07, 6.45) is 4.93. The Bertz CT molecular complexity index is 502. The molecule has 0 bridgehead atoms. The third kappa shape index (κ3) is 5.71. The van der Waals surface area contributed by atoms with Gasteiger partial charge >= 0.3 is 0 Å². The lowest BCUT2D eigenvalue weighted by atomic mass is 10.2. The summed E-state index contributed by atoms with van der Waals surface area (Å²) in [6.45, 7) is 2.78. The van der Waals surface area contributed by atoms with Crippen LogP contribution >= 0.6 is 0 Å². The quantitative estimate of drug-likeness (QED) is 0.746. The Kier molecular flexibility index (Phi) is 6.67. The zero-order chi connectivity index (χ0) is 15.0. The van der Waals surface area contributed by atoms with Gasteiger partial charge in [-0.2, -0.15) is 0 Å². The van der Waals surface area contributed by atoms with E-state index in [1.807, 2.05) is 41.5 Å². The number of para-hydroxylation sites is 1. The molecule has 1 aromatic carbocycles. The van der Waals surface area contributed by atoms with Crippen molar-refractivity contribution < 1.29 is 13.2 Å². The SMILES string of the molecule is CCCCN(c1ccccc1)C([C]=O)CNS(C)(=O)=O. The van der Waals surface area contributed by atoms with E-state index in [9.17, 15) is 13.2 Å². The second-order valence-electron chi connectivity index (χ2n) is 4.64. The first-order valence-electron chi connectivity index (χ1n) is 6.62. The Balaban J connectivity index is 2.86. The minimum atomic E-state index is -3.32. The molecule has 0 amide bonds. The minimum Gasteiger partial charge on any atom is -0.360 e. The third-order valence-electron chi connectivity index (χ3n) is 2.89. The first-order chi connectivity index (χ1) is 9.48. The van der Waals surface area contributed by atoms with Gasteiger partial charge in [0, 0.05) is 18.8 Å². The van der Waals surface area contributed by atoms with Crippen LogP contribution in [0.1, 0.15) is 19.8 Å². The summed E-state index contributed by atoms with van der Waals surface area (Å²) in [5.74, 6) is 0. The van der Waals surface area contributed by atoms with E-state index in [0.29, 0.717) is 6.54 Å². The lowest BCUT2D eigenvalue weighted by molar-refractivity contribution is 0.526. The summed E-state index contributed by atoms with van der Waals surface area (Å²) in [5, 5.41) is 0. The van der Waals surface area contributed by atoms with Crippen LogP contribution < -0.4 is 9.62 Å². The lowest BCUT2D eigenvalue weighted by Crippen LogP contribution is -2.45. The molecule has 1 atom stereocenters. The number of anilines is 1. The predicted molar refractivity (Wildman–Crippen MR) is 81.0 cm³/mol. The number of carbonyl (C=O) groups excluding carboxylic acids is 1. The first kappa shape index (κ1) is 16.7. The van der Waals surface area contributed by atoms with E-state index < -0.39 is 16.1 Å². The molecule has 1 rings (SSSR count). The standard InChI is InChI=1S/C14H21N2O3S/c1-3-4-10-16(13-8-6-5-7-9-13)14(12-17)11-15-20(2,18)19/h5-9,14-15H,3-4,10-11H2,1-2H3. The Hall–Kier alpha value is -1.40. The smallest absolute Gasteiger partial charge is 0.224 e. The Morgan fingerprint density at radius 3 is 2.45 bits per heavy atom. The fraction of sp³-hybridized carbons (Fsp3) is 0.500. The molecule has 0 saturated carbocycles. The maximum Gasteiger partial charge on any atom is 0.224 e. The lowest BCUT2D eigenvalue weighted by Gasteiger charge is -2.29. The van der Waals surface area contributed by atoms with E-state index in [1.165, 1.54) is 0 Å². The Morgan fingerprint density at radius 1 is 1.30 bits per heavy atom. The van der Waals surface area contributed by atoms with Crippen LogP contribution in [-0.2, 0) is 14.8 Å². The molecule has 0 aromatic heterocycles. The molecule has 6 heteroatoms. The number of hydrogen-bond donors (Lipinski definition) is 1. The highest BCUT2D eigenvalue weighted by atomic mass is 32.2. The number of nitrogens with zero attached hydrogens (tertiary/aromatic N) is 1. The van der Waals surface area contributed by atoms with Crippen molar-refractivity contribution in [2.24, 2.45) is 0 Å². The average Bonchev–Trinajstić information content (AvgIpc) is 2.42. The van der Waals surface area contributed by atoms with E-state index in [2.05, 4.69) is 11.6 Å². The predicted octanol–water partition coefficient (Wildman–Crippen LogP) is 1.32. The summed E-state index contributed by atoms with van der Waals surface area (Å²) in [5.41, 5.74) is 0.893. The largest absolute Gasteiger partial charge is 0.360 e. The summed E-state index contributed by atoms with van der Waals surface area (Å²) >= 11 is 0. The van der Waals surface area contributed by atoms with Crippen LogP contribution in [-0.4, -0.2) is 40.1 Å². The molecule has 0 aliphatic rings. The van der Waals surface area contributed by atoms with E-state index in [1.54, 1.807) is 0 Å². The molecule has 0 aliphatic carbocycles. The van der Waals surface area contributed by atoms with E-state index in [4.69, 9.17) is 0 Å². The van der Waals surface area contributed by atoms with Gasteiger partial charge in [-0.3, -0.25) is 4.79 Å². The molecule has 0 heterocycles. The number of nitrogens with one attached hydrogen (secondary N) is 1. The summed E-state index contributed by atoms with van der Waals surface area (Å²) in [7, 11) is -3.32. The molecule has 0 fully saturated rings. The molecule has 20 heavy (non-hydrogen) atoms. The van der Waals surface area contributed by atoms with Crippen molar-refractivity contribution >= 4 is 22.0 Å². The fourth-order valence-electron chi connectivity index (χ4n) is 1.86. The van der Waals surface area contributed by atoms with E-state index >= 15 is 0 Å². The van der Waals surface area contributed by atoms with Gasteiger partial charge < -0.3 is 4.90 Å². The maximum atomic E-state index is 11.2. The minimum absolute atomic E-state index is 0.0287.